The molecule has 0 spiro atoms. The molecule has 1 aliphatic heterocycles. The maximum atomic E-state index is 11.9. The highest BCUT2D eigenvalue weighted by molar-refractivity contribution is 5.94. The third-order valence-electron chi connectivity index (χ3n) is 2.99. The van der Waals surface area contributed by atoms with Crippen molar-refractivity contribution in [2.75, 3.05) is 18.0 Å². The fourth-order valence-corrected chi connectivity index (χ4v) is 2.11. The number of amides is 2. The Bertz CT molecular complexity index is 485. The smallest absolute Gasteiger partial charge is 0.321 e. The van der Waals surface area contributed by atoms with Gasteiger partial charge in [0.2, 0.25) is 0 Å². The first-order valence-corrected chi connectivity index (χ1v) is 5.94. The molecule has 2 amide bonds. The summed E-state index contributed by atoms with van der Waals surface area (Å²) in [4.78, 5) is 23.9. The highest BCUT2D eigenvalue weighted by atomic mass is 16.4. The minimum atomic E-state index is -0.909. The van der Waals surface area contributed by atoms with E-state index < -0.39 is 5.97 Å². The summed E-state index contributed by atoms with van der Waals surface area (Å²) >= 11 is 0. The van der Waals surface area contributed by atoms with Gasteiger partial charge in [-0.15, -0.1) is 0 Å². The molecule has 1 aromatic carbocycles. The molecule has 96 valence electrons. The van der Waals surface area contributed by atoms with Crippen molar-refractivity contribution >= 4 is 17.7 Å². The van der Waals surface area contributed by atoms with Crippen LogP contribution in [0.2, 0.25) is 0 Å². The molecule has 0 bridgehead atoms. The summed E-state index contributed by atoms with van der Waals surface area (Å²) in [7, 11) is 0. The molecule has 0 radical (unpaired) electrons. The van der Waals surface area contributed by atoms with Crippen LogP contribution >= 0.6 is 0 Å². The van der Waals surface area contributed by atoms with E-state index in [1.165, 1.54) is 11.1 Å². The van der Waals surface area contributed by atoms with Crippen molar-refractivity contribution in [3.63, 3.8) is 0 Å². The van der Waals surface area contributed by atoms with Gasteiger partial charge in [-0.2, -0.15) is 0 Å². The van der Waals surface area contributed by atoms with Gasteiger partial charge in [-0.3, -0.25) is 9.69 Å². The quantitative estimate of drug-likeness (QED) is 0.852. The molecular formula is C13H16N2O3. The lowest BCUT2D eigenvalue weighted by molar-refractivity contribution is -0.136. The van der Waals surface area contributed by atoms with Gasteiger partial charge in [0.15, 0.2) is 0 Å². The molecule has 0 unspecified atom stereocenters. The number of urea groups is 1. The Kier molecular flexibility index (Phi) is 3.50. The number of fused-ring (bicyclic) bond motifs is 1. The molecule has 1 aromatic rings. The Labute approximate surface area is 105 Å². The summed E-state index contributed by atoms with van der Waals surface area (Å²) < 4.78 is 0. The average Bonchev–Trinajstić information content (AvgIpc) is 2.71. The van der Waals surface area contributed by atoms with Crippen molar-refractivity contribution in [2.45, 2.75) is 19.8 Å². The number of aryl methyl sites for hydroxylation is 1. The first kappa shape index (κ1) is 12.4. The molecule has 1 heterocycles. The molecule has 18 heavy (non-hydrogen) atoms. The number of anilines is 1. The number of benzene rings is 1. The zero-order chi connectivity index (χ0) is 13.1. The van der Waals surface area contributed by atoms with E-state index >= 15 is 0 Å². The van der Waals surface area contributed by atoms with Gasteiger partial charge in [-0.05, 0) is 25.0 Å². The topological polar surface area (TPSA) is 69.6 Å². The molecule has 2 N–H and O–H groups in total. The maximum Gasteiger partial charge on any atom is 0.321 e. The van der Waals surface area contributed by atoms with Crippen LogP contribution in [0.3, 0.4) is 0 Å². The SMILES string of the molecule is Cc1ccc2c(c1)CCN2C(=O)NCCC(=O)O. The number of nitrogens with one attached hydrogen (secondary N) is 1. The molecule has 0 saturated heterocycles. The van der Waals surface area contributed by atoms with Crippen LogP contribution in [0.5, 0.6) is 0 Å². The van der Waals surface area contributed by atoms with Crippen LogP contribution in [0.25, 0.3) is 0 Å². The van der Waals surface area contributed by atoms with Gasteiger partial charge in [-0.25, -0.2) is 4.79 Å². The number of hydrogen-bond donors (Lipinski definition) is 2. The lowest BCUT2D eigenvalue weighted by Gasteiger charge is -2.17. The predicted octanol–water partition coefficient (Wildman–Crippen LogP) is 1.54. The zero-order valence-electron chi connectivity index (χ0n) is 10.3. The highest BCUT2D eigenvalue weighted by Gasteiger charge is 2.24. The van der Waals surface area contributed by atoms with Crippen LogP contribution in [0.4, 0.5) is 10.5 Å². The Hall–Kier alpha value is -2.04. The molecular weight excluding hydrogens is 232 g/mol. The van der Waals surface area contributed by atoms with Gasteiger partial charge in [0, 0.05) is 18.8 Å². The van der Waals surface area contributed by atoms with E-state index in [0.29, 0.717) is 6.54 Å². The second-order valence-corrected chi connectivity index (χ2v) is 4.41. The summed E-state index contributed by atoms with van der Waals surface area (Å²) in [6.45, 7) is 2.83. The molecule has 0 atom stereocenters. The van der Waals surface area contributed by atoms with E-state index in [4.69, 9.17) is 5.11 Å². The van der Waals surface area contributed by atoms with Gasteiger partial charge in [0.05, 0.1) is 6.42 Å². The fourth-order valence-electron chi connectivity index (χ4n) is 2.11. The Morgan fingerprint density at radius 2 is 2.22 bits per heavy atom. The van der Waals surface area contributed by atoms with Crippen molar-refractivity contribution in [3.05, 3.63) is 29.3 Å². The first-order valence-electron chi connectivity index (χ1n) is 5.94. The third kappa shape index (κ3) is 2.61. The Balaban J connectivity index is 2.00. The van der Waals surface area contributed by atoms with Crippen molar-refractivity contribution in [3.8, 4) is 0 Å². The lowest BCUT2D eigenvalue weighted by Crippen LogP contribution is -2.39. The van der Waals surface area contributed by atoms with Crippen LogP contribution in [-0.4, -0.2) is 30.2 Å². The number of carbonyl (C=O) groups excluding carboxylic acids is 1. The predicted molar refractivity (Wildman–Crippen MR) is 67.9 cm³/mol. The number of aliphatic carboxylic acids is 1. The number of carbonyl (C=O) groups is 2. The van der Waals surface area contributed by atoms with Crippen LogP contribution < -0.4 is 10.2 Å². The normalized spacial score (nSPS) is 13.3. The van der Waals surface area contributed by atoms with Gasteiger partial charge in [0.1, 0.15) is 0 Å². The first-order chi connectivity index (χ1) is 8.58. The molecule has 5 nitrogen and oxygen atoms in total. The van der Waals surface area contributed by atoms with Gasteiger partial charge in [0.25, 0.3) is 0 Å². The fraction of sp³-hybridized carbons (Fsp3) is 0.385. The van der Waals surface area contributed by atoms with Crippen molar-refractivity contribution < 1.29 is 14.7 Å². The number of carboxylic acid groups (broad SMARTS) is 1. The second-order valence-electron chi connectivity index (χ2n) is 4.41. The van der Waals surface area contributed by atoms with E-state index in [2.05, 4.69) is 11.4 Å². The minimum Gasteiger partial charge on any atom is -0.481 e. The van der Waals surface area contributed by atoms with Crippen LogP contribution in [0, 0.1) is 6.92 Å². The lowest BCUT2D eigenvalue weighted by atomic mass is 10.1. The van der Waals surface area contributed by atoms with Gasteiger partial charge >= 0.3 is 12.0 Å². The van der Waals surface area contributed by atoms with Crippen molar-refractivity contribution in [1.82, 2.24) is 5.32 Å². The average molecular weight is 248 g/mol. The molecule has 0 aromatic heterocycles. The summed E-state index contributed by atoms with van der Waals surface area (Å²) in [5.41, 5.74) is 3.28. The summed E-state index contributed by atoms with van der Waals surface area (Å²) in [6.07, 6.45) is 0.795. The van der Waals surface area contributed by atoms with Crippen LogP contribution in [-0.2, 0) is 11.2 Å². The molecule has 5 heteroatoms. The van der Waals surface area contributed by atoms with Gasteiger partial charge < -0.3 is 10.4 Å². The summed E-state index contributed by atoms with van der Waals surface area (Å²) in [5, 5.41) is 11.1. The number of hydrogen-bond acceptors (Lipinski definition) is 2. The standard InChI is InChI=1S/C13H16N2O3/c1-9-2-3-11-10(8-9)5-7-15(11)13(18)14-6-4-12(16)17/h2-3,8H,4-7H2,1H3,(H,14,18)(H,16,17). The van der Waals surface area contributed by atoms with Gasteiger partial charge in [-0.1, -0.05) is 17.7 Å². The number of nitrogens with zero attached hydrogens (tertiary/aromatic N) is 1. The molecule has 0 fully saturated rings. The van der Waals surface area contributed by atoms with Crippen molar-refractivity contribution in [1.29, 1.82) is 0 Å². The zero-order valence-corrected chi connectivity index (χ0v) is 10.3. The maximum absolute atomic E-state index is 11.9. The van der Waals surface area contributed by atoms with E-state index in [0.717, 1.165) is 12.1 Å². The summed E-state index contributed by atoms with van der Waals surface area (Å²) in [6, 6.07) is 5.77. The van der Waals surface area contributed by atoms with E-state index in [-0.39, 0.29) is 19.0 Å². The van der Waals surface area contributed by atoms with E-state index in [1.807, 2.05) is 19.1 Å². The van der Waals surface area contributed by atoms with Crippen LogP contribution in [0.15, 0.2) is 18.2 Å². The number of carboxylic acids is 1. The Morgan fingerprint density at radius 1 is 1.44 bits per heavy atom. The van der Waals surface area contributed by atoms with E-state index in [9.17, 15) is 9.59 Å². The Morgan fingerprint density at radius 3 is 2.94 bits per heavy atom. The monoisotopic (exact) mass is 248 g/mol. The molecule has 0 aliphatic carbocycles. The summed E-state index contributed by atoms with van der Waals surface area (Å²) in [5.74, 6) is -0.909. The molecule has 1 aliphatic rings. The number of rotatable bonds is 3. The molecule has 2 rings (SSSR count). The third-order valence-corrected chi connectivity index (χ3v) is 2.99. The molecule has 0 saturated carbocycles. The second kappa shape index (κ2) is 5.08. The minimum absolute atomic E-state index is 0.0552. The van der Waals surface area contributed by atoms with Crippen LogP contribution in [0.1, 0.15) is 17.5 Å². The van der Waals surface area contributed by atoms with E-state index in [1.54, 1.807) is 4.90 Å². The largest absolute Gasteiger partial charge is 0.481 e. The van der Waals surface area contributed by atoms with Crippen molar-refractivity contribution in [2.24, 2.45) is 0 Å². The highest BCUT2D eigenvalue weighted by Crippen LogP contribution is 2.28.